The summed E-state index contributed by atoms with van der Waals surface area (Å²) in [5, 5.41) is 12.6. The highest BCUT2D eigenvalue weighted by Crippen LogP contribution is 2.31. The third-order valence-corrected chi connectivity index (χ3v) is 4.60. The van der Waals surface area contributed by atoms with Gasteiger partial charge < -0.3 is 21.1 Å². The van der Waals surface area contributed by atoms with Gasteiger partial charge in [-0.1, -0.05) is 12.7 Å². The number of hydrogen-bond acceptors (Lipinski definition) is 4. The van der Waals surface area contributed by atoms with Gasteiger partial charge in [-0.15, -0.1) is 0 Å². The fourth-order valence-corrected chi connectivity index (χ4v) is 3.26. The molecule has 0 saturated carbocycles. The monoisotopic (exact) mass is 281 g/mol. The molecule has 2 saturated heterocycles. The number of nitrogens with two attached hydrogens (primary N) is 1. The number of likely N-dealkylation sites (tertiary alicyclic amines) is 1. The van der Waals surface area contributed by atoms with Crippen LogP contribution in [-0.4, -0.2) is 60.9 Å². The van der Waals surface area contributed by atoms with E-state index in [1.165, 1.54) is 0 Å². The van der Waals surface area contributed by atoms with Gasteiger partial charge in [-0.05, 0) is 25.8 Å². The molecule has 4 N–H and O–H groups in total. The SMILES string of the molecule is BCCC[C@H]1CN(C(=O)C2CCCN2)C[C@@]1(N)C(=O)O. The second kappa shape index (κ2) is 6.14. The summed E-state index contributed by atoms with van der Waals surface area (Å²) < 4.78 is 0. The summed E-state index contributed by atoms with van der Waals surface area (Å²) in [6.45, 7) is 1.46. The fraction of sp³-hybridized carbons (Fsp3) is 0.846. The first kappa shape index (κ1) is 15.3. The van der Waals surface area contributed by atoms with Gasteiger partial charge in [0.05, 0.1) is 6.04 Å². The highest BCUT2D eigenvalue weighted by molar-refractivity contribution is 6.08. The van der Waals surface area contributed by atoms with Crippen LogP contribution in [0.25, 0.3) is 0 Å². The molecule has 112 valence electrons. The summed E-state index contributed by atoms with van der Waals surface area (Å²) in [5.74, 6) is -1.13. The molecule has 1 amide bonds. The molecule has 20 heavy (non-hydrogen) atoms. The molecule has 1 unspecified atom stereocenters. The van der Waals surface area contributed by atoms with E-state index < -0.39 is 11.5 Å². The van der Waals surface area contributed by atoms with Gasteiger partial charge in [0.2, 0.25) is 5.91 Å². The van der Waals surface area contributed by atoms with Crippen LogP contribution < -0.4 is 11.1 Å². The van der Waals surface area contributed by atoms with Gasteiger partial charge in [-0.25, -0.2) is 0 Å². The van der Waals surface area contributed by atoms with E-state index in [1.54, 1.807) is 4.90 Å². The van der Waals surface area contributed by atoms with E-state index in [0.29, 0.717) is 6.54 Å². The smallest absolute Gasteiger partial charge is 0.325 e. The minimum absolute atomic E-state index is 0.0116. The Morgan fingerprint density at radius 2 is 2.25 bits per heavy atom. The maximum absolute atomic E-state index is 12.4. The van der Waals surface area contributed by atoms with Crippen molar-refractivity contribution in [2.45, 2.75) is 43.6 Å². The Morgan fingerprint density at radius 3 is 2.80 bits per heavy atom. The molecule has 7 heteroatoms. The third kappa shape index (κ3) is 2.83. The molecular formula is C13H24BN3O3. The van der Waals surface area contributed by atoms with Crippen LogP contribution in [0, 0.1) is 5.92 Å². The van der Waals surface area contributed by atoms with E-state index in [-0.39, 0.29) is 24.4 Å². The Labute approximate surface area is 120 Å². The average molecular weight is 281 g/mol. The first-order valence-corrected chi connectivity index (χ1v) is 7.53. The molecule has 0 spiro atoms. The van der Waals surface area contributed by atoms with E-state index in [2.05, 4.69) is 13.2 Å². The van der Waals surface area contributed by atoms with Crippen LogP contribution in [0.2, 0.25) is 6.32 Å². The van der Waals surface area contributed by atoms with Crippen LogP contribution in [0.5, 0.6) is 0 Å². The number of carboxylic acids is 1. The summed E-state index contributed by atoms with van der Waals surface area (Å²) >= 11 is 0. The van der Waals surface area contributed by atoms with E-state index in [1.807, 2.05) is 0 Å². The van der Waals surface area contributed by atoms with Gasteiger partial charge >= 0.3 is 5.97 Å². The molecule has 2 aliphatic heterocycles. The van der Waals surface area contributed by atoms with Gasteiger partial charge in [0.25, 0.3) is 0 Å². The third-order valence-electron chi connectivity index (χ3n) is 4.60. The number of carbonyl (C=O) groups excluding carboxylic acids is 1. The van der Waals surface area contributed by atoms with Gasteiger partial charge in [0.15, 0.2) is 0 Å². The maximum atomic E-state index is 12.4. The van der Waals surface area contributed by atoms with Crippen molar-refractivity contribution in [1.82, 2.24) is 10.2 Å². The van der Waals surface area contributed by atoms with Gasteiger partial charge in [-0.3, -0.25) is 9.59 Å². The van der Waals surface area contributed by atoms with Crippen molar-refractivity contribution >= 4 is 19.7 Å². The Balaban J connectivity index is 2.06. The van der Waals surface area contributed by atoms with Crippen molar-refractivity contribution in [3.63, 3.8) is 0 Å². The van der Waals surface area contributed by atoms with E-state index in [0.717, 1.165) is 38.5 Å². The largest absolute Gasteiger partial charge is 0.480 e. The van der Waals surface area contributed by atoms with Gasteiger partial charge in [0, 0.05) is 19.0 Å². The number of amides is 1. The molecule has 0 aliphatic carbocycles. The van der Waals surface area contributed by atoms with Crippen LogP contribution in [0.4, 0.5) is 0 Å². The second-order valence-corrected chi connectivity index (χ2v) is 6.05. The summed E-state index contributed by atoms with van der Waals surface area (Å²) in [4.78, 5) is 25.6. The molecule has 0 aromatic rings. The molecule has 2 fully saturated rings. The molecule has 2 aliphatic rings. The zero-order chi connectivity index (χ0) is 14.8. The number of nitrogens with one attached hydrogen (secondary N) is 1. The lowest BCUT2D eigenvalue weighted by Gasteiger charge is -2.25. The summed E-state index contributed by atoms with van der Waals surface area (Å²) in [6.07, 6.45) is 4.54. The molecule has 6 nitrogen and oxygen atoms in total. The van der Waals surface area contributed by atoms with E-state index in [9.17, 15) is 14.7 Å². The number of rotatable bonds is 5. The van der Waals surface area contributed by atoms with Crippen molar-refractivity contribution in [2.75, 3.05) is 19.6 Å². The highest BCUT2D eigenvalue weighted by atomic mass is 16.4. The molecule has 2 rings (SSSR count). The summed E-state index contributed by atoms with van der Waals surface area (Å²) in [7, 11) is 2.07. The second-order valence-electron chi connectivity index (χ2n) is 6.05. The maximum Gasteiger partial charge on any atom is 0.325 e. The Kier molecular flexibility index (Phi) is 4.70. The lowest BCUT2D eigenvalue weighted by molar-refractivity contribution is -0.144. The number of hydrogen-bond donors (Lipinski definition) is 3. The molecule has 0 radical (unpaired) electrons. The lowest BCUT2D eigenvalue weighted by Crippen LogP contribution is -2.55. The first-order chi connectivity index (χ1) is 9.49. The summed E-state index contributed by atoms with van der Waals surface area (Å²) in [6, 6.07) is -0.155. The molecule has 0 aromatic heterocycles. The lowest BCUT2D eigenvalue weighted by atomic mass is 9.83. The number of aliphatic carboxylic acids is 1. The Hall–Kier alpha value is -1.08. The van der Waals surface area contributed by atoms with Crippen molar-refractivity contribution < 1.29 is 14.7 Å². The predicted octanol–water partition coefficient (Wildman–Crippen LogP) is -1.19. The summed E-state index contributed by atoms with van der Waals surface area (Å²) in [5.41, 5.74) is 4.81. The number of carboxylic acid groups (broad SMARTS) is 1. The van der Waals surface area contributed by atoms with E-state index in [4.69, 9.17) is 5.73 Å². The van der Waals surface area contributed by atoms with Gasteiger partial charge in [-0.2, -0.15) is 0 Å². The molecule has 3 atom stereocenters. The fourth-order valence-electron chi connectivity index (χ4n) is 3.26. The zero-order valence-electron chi connectivity index (χ0n) is 12.1. The minimum atomic E-state index is -1.29. The minimum Gasteiger partial charge on any atom is -0.480 e. The average Bonchev–Trinajstić information content (AvgIpc) is 3.04. The Morgan fingerprint density at radius 1 is 1.50 bits per heavy atom. The molecule has 2 heterocycles. The quantitative estimate of drug-likeness (QED) is 0.551. The standard InChI is InChI=1S/C13H24BN3O3/c14-5-1-3-9-7-17(8-13(9,15)12(19)20)11(18)10-4-2-6-16-10/h9-10,16H,1-8,14-15H2,(H,19,20)/t9-,10?,13-/m0/s1. The van der Waals surface area contributed by atoms with Crippen molar-refractivity contribution in [2.24, 2.45) is 11.7 Å². The molecule has 0 aromatic carbocycles. The first-order valence-electron chi connectivity index (χ1n) is 7.53. The predicted molar refractivity (Wildman–Crippen MR) is 78.2 cm³/mol. The Bertz CT molecular complexity index is 387. The molecular weight excluding hydrogens is 257 g/mol. The molecule has 0 bridgehead atoms. The van der Waals surface area contributed by atoms with E-state index >= 15 is 0 Å². The highest BCUT2D eigenvalue weighted by Gasteiger charge is 2.51. The number of carbonyl (C=O) groups is 2. The van der Waals surface area contributed by atoms with Crippen LogP contribution in [0.15, 0.2) is 0 Å². The topological polar surface area (TPSA) is 95.7 Å². The van der Waals surface area contributed by atoms with Crippen LogP contribution >= 0.6 is 0 Å². The van der Waals surface area contributed by atoms with Crippen LogP contribution in [0.3, 0.4) is 0 Å². The van der Waals surface area contributed by atoms with Crippen molar-refractivity contribution in [3.05, 3.63) is 0 Å². The van der Waals surface area contributed by atoms with Crippen LogP contribution in [0.1, 0.15) is 25.7 Å². The zero-order valence-corrected chi connectivity index (χ0v) is 12.1. The van der Waals surface area contributed by atoms with Crippen molar-refractivity contribution in [1.29, 1.82) is 0 Å². The van der Waals surface area contributed by atoms with Crippen LogP contribution in [-0.2, 0) is 9.59 Å². The van der Waals surface area contributed by atoms with Gasteiger partial charge in [0.1, 0.15) is 13.4 Å². The van der Waals surface area contributed by atoms with Crippen molar-refractivity contribution in [3.8, 4) is 0 Å². The normalized spacial score (nSPS) is 33.5. The number of nitrogens with zero attached hydrogens (tertiary/aromatic N) is 1.